The van der Waals surface area contributed by atoms with E-state index in [1.165, 1.54) is 0 Å². The molecular formula is C15H29N3O3. The lowest BCUT2D eigenvalue weighted by Gasteiger charge is -2.39. The number of nitrogens with one attached hydrogen (secondary N) is 1. The molecule has 21 heavy (non-hydrogen) atoms. The molecule has 0 bridgehead atoms. The zero-order valence-corrected chi connectivity index (χ0v) is 13.9. The van der Waals surface area contributed by atoms with E-state index in [0.717, 1.165) is 12.8 Å². The van der Waals surface area contributed by atoms with Gasteiger partial charge >= 0.3 is 6.09 Å². The van der Waals surface area contributed by atoms with E-state index < -0.39 is 11.0 Å². The van der Waals surface area contributed by atoms with Crippen molar-refractivity contribution in [1.82, 2.24) is 10.2 Å². The van der Waals surface area contributed by atoms with Gasteiger partial charge in [0, 0.05) is 24.7 Å². The fourth-order valence-electron chi connectivity index (χ4n) is 2.08. The molecule has 1 aliphatic heterocycles. The molecule has 1 fully saturated rings. The van der Waals surface area contributed by atoms with Crippen molar-refractivity contribution in [3.63, 3.8) is 0 Å². The maximum absolute atomic E-state index is 12.4. The lowest BCUT2D eigenvalue weighted by Crippen LogP contribution is -2.58. The third-order valence-corrected chi connectivity index (χ3v) is 4.53. The van der Waals surface area contributed by atoms with Gasteiger partial charge in [0.25, 0.3) is 0 Å². The highest BCUT2D eigenvalue weighted by Gasteiger charge is 2.41. The highest BCUT2D eigenvalue weighted by atomic mass is 16.6. The van der Waals surface area contributed by atoms with E-state index in [-0.39, 0.29) is 18.0 Å². The topological polar surface area (TPSA) is 84.7 Å². The summed E-state index contributed by atoms with van der Waals surface area (Å²) in [5.74, 6) is -0.0374. The van der Waals surface area contributed by atoms with Crippen LogP contribution in [0.1, 0.15) is 47.5 Å². The van der Waals surface area contributed by atoms with Gasteiger partial charge in [0.1, 0.15) is 0 Å². The van der Waals surface area contributed by atoms with Crippen LogP contribution in [-0.4, -0.2) is 48.2 Å². The quantitative estimate of drug-likeness (QED) is 0.823. The molecule has 1 saturated heterocycles. The molecule has 0 unspecified atom stereocenters. The van der Waals surface area contributed by atoms with Gasteiger partial charge in [-0.05, 0) is 47.5 Å². The Labute approximate surface area is 127 Å². The molecule has 6 nitrogen and oxygen atoms in total. The summed E-state index contributed by atoms with van der Waals surface area (Å²) in [5.41, 5.74) is 4.84. The van der Waals surface area contributed by atoms with Gasteiger partial charge in [-0.3, -0.25) is 4.79 Å². The molecule has 3 N–H and O–H groups in total. The van der Waals surface area contributed by atoms with Crippen LogP contribution in [0.3, 0.4) is 0 Å². The van der Waals surface area contributed by atoms with Crippen molar-refractivity contribution >= 4 is 12.0 Å². The van der Waals surface area contributed by atoms with Crippen LogP contribution in [0.5, 0.6) is 0 Å². The molecular weight excluding hydrogens is 270 g/mol. The Kier molecular flexibility index (Phi) is 5.61. The highest BCUT2D eigenvalue weighted by molar-refractivity contribution is 5.83. The van der Waals surface area contributed by atoms with E-state index >= 15 is 0 Å². The van der Waals surface area contributed by atoms with Gasteiger partial charge in [0.15, 0.2) is 0 Å². The first kappa shape index (κ1) is 17.8. The third kappa shape index (κ3) is 4.33. The molecule has 0 atom stereocenters. The first-order valence-electron chi connectivity index (χ1n) is 7.61. The smallest absolute Gasteiger partial charge is 0.409 e. The van der Waals surface area contributed by atoms with Crippen molar-refractivity contribution in [2.24, 2.45) is 11.1 Å². The van der Waals surface area contributed by atoms with Gasteiger partial charge in [-0.2, -0.15) is 0 Å². The van der Waals surface area contributed by atoms with Crippen molar-refractivity contribution in [3.8, 4) is 0 Å². The fraction of sp³-hybridized carbons (Fsp3) is 0.867. The molecule has 1 rings (SSSR count). The molecule has 0 aromatic heterocycles. The number of rotatable bonds is 4. The average Bonchev–Trinajstić information content (AvgIpc) is 2.38. The molecule has 6 heteroatoms. The second-order valence-corrected chi connectivity index (χ2v) is 6.78. The van der Waals surface area contributed by atoms with Crippen LogP contribution in [0.4, 0.5) is 4.79 Å². The van der Waals surface area contributed by atoms with E-state index in [9.17, 15) is 9.59 Å². The van der Waals surface area contributed by atoms with Crippen molar-refractivity contribution in [2.45, 2.75) is 59.0 Å². The van der Waals surface area contributed by atoms with Gasteiger partial charge in [-0.15, -0.1) is 0 Å². The number of hydrogen-bond acceptors (Lipinski definition) is 4. The molecule has 0 saturated carbocycles. The van der Waals surface area contributed by atoms with E-state index in [1.807, 2.05) is 27.7 Å². The largest absolute Gasteiger partial charge is 0.450 e. The number of likely N-dealkylation sites (tertiary alicyclic amines) is 1. The lowest BCUT2D eigenvalue weighted by atomic mass is 9.74. The zero-order valence-electron chi connectivity index (χ0n) is 13.9. The normalized spacial score (nSPS) is 17.5. The standard InChI is InChI=1S/C15H29N3O3/c1-6-21-13(20)18-9-7-11(8-10-18)17-12(19)14(2,3)15(4,5)16/h11H,6-10,16H2,1-5H3,(H,17,19). The van der Waals surface area contributed by atoms with Crippen LogP contribution < -0.4 is 11.1 Å². The van der Waals surface area contributed by atoms with Crippen molar-refractivity contribution in [1.29, 1.82) is 0 Å². The number of hydrogen-bond donors (Lipinski definition) is 2. The Hall–Kier alpha value is -1.30. The van der Waals surface area contributed by atoms with Gasteiger partial charge < -0.3 is 20.7 Å². The highest BCUT2D eigenvalue weighted by Crippen LogP contribution is 2.29. The Balaban J connectivity index is 2.50. The molecule has 0 aliphatic carbocycles. The zero-order chi connectivity index (χ0) is 16.3. The second-order valence-electron chi connectivity index (χ2n) is 6.78. The van der Waals surface area contributed by atoms with Crippen LogP contribution >= 0.6 is 0 Å². The minimum Gasteiger partial charge on any atom is -0.450 e. The first-order chi connectivity index (χ1) is 9.59. The number of nitrogens with two attached hydrogens (primary N) is 1. The molecule has 2 amide bonds. The molecule has 1 heterocycles. The molecule has 0 aromatic rings. The maximum atomic E-state index is 12.4. The first-order valence-corrected chi connectivity index (χ1v) is 7.61. The molecule has 0 radical (unpaired) electrons. The number of piperidine rings is 1. The van der Waals surface area contributed by atoms with E-state index in [1.54, 1.807) is 11.8 Å². The summed E-state index contributed by atoms with van der Waals surface area (Å²) < 4.78 is 4.98. The van der Waals surface area contributed by atoms with Crippen LogP contribution in [-0.2, 0) is 9.53 Å². The summed E-state index contributed by atoms with van der Waals surface area (Å²) in [7, 11) is 0. The molecule has 1 aliphatic rings. The average molecular weight is 299 g/mol. The molecule has 0 aromatic carbocycles. The minimum absolute atomic E-state index is 0.0374. The van der Waals surface area contributed by atoms with Crippen molar-refractivity contribution in [2.75, 3.05) is 19.7 Å². The summed E-state index contributed by atoms with van der Waals surface area (Å²) in [6.45, 7) is 10.8. The predicted molar refractivity (Wildman–Crippen MR) is 81.8 cm³/mol. The SMILES string of the molecule is CCOC(=O)N1CCC(NC(=O)C(C)(C)C(C)(C)N)CC1. The Morgan fingerprint density at radius 1 is 1.24 bits per heavy atom. The summed E-state index contributed by atoms with van der Waals surface area (Å²) in [6.07, 6.45) is 1.21. The van der Waals surface area contributed by atoms with E-state index in [0.29, 0.717) is 19.7 Å². The second kappa shape index (κ2) is 6.64. The van der Waals surface area contributed by atoms with Crippen molar-refractivity contribution in [3.05, 3.63) is 0 Å². The minimum atomic E-state index is -0.648. The summed E-state index contributed by atoms with van der Waals surface area (Å²) in [6, 6.07) is 0.0878. The Morgan fingerprint density at radius 2 is 1.76 bits per heavy atom. The molecule has 122 valence electrons. The lowest BCUT2D eigenvalue weighted by molar-refractivity contribution is -0.133. The summed E-state index contributed by atoms with van der Waals surface area (Å²) in [4.78, 5) is 25.7. The van der Waals surface area contributed by atoms with Gasteiger partial charge in [0.05, 0.1) is 12.0 Å². The summed E-state index contributed by atoms with van der Waals surface area (Å²) in [5, 5.41) is 3.06. The van der Waals surface area contributed by atoms with Gasteiger partial charge in [-0.25, -0.2) is 4.79 Å². The van der Waals surface area contributed by atoms with Gasteiger partial charge in [0.2, 0.25) is 5.91 Å². The Morgan fingerprint density at radius 3 is 2.19 bits per heavy atom. The number of amides is 2. The monoisotopic (exact) mass is 299 g/mol. The fourth-order valence-corrected chi connectivity index (χ4v) is 2.08. The van der Waals surface area contributed by atoms with Crippen LogP contribution in [0, 0.1) is 5.41 Å². The van der Waals surface area contributed by atoms with Crippen LogP contribution in [0.25, 0.3) is 0 Å². The third-order valence-electron chi connectivity index (χ3n) is 4.53. The van der Waals surface area contributed by atoms with Crippen LogP contribution in [0.2, 0.25) is 0 Å². The number of carbonyl (C=O) groups is 2. The Bertz CT molecular complexity index is 380. The van der Waals surface area contributed by atoms with E-state index in [4.69, 9.17) is 10.5 Å². The number of nitrogens with zero attached hydrogens (tertiary/aromatic N) is 1. The summed E-state index contributed by atoms with van der Waals surface area (Å²) >= 11 is 0. The number of ether oxygens (including phenoxy) is 1. The predicted octanol–water partition coefficient (Wildman–Crippen LogP) is 1.49. The maximum Gasteiger partial charge on any atom is 0.409 e. The number of carbonyl (C=O) groups excluding carboxylic acids is 2. The van der Waals surface area contributed by atoms with Crippen LogP contribution in [0.15, 0.2) is 0 Å². The van der Waals surface area contributed by atoms with Crippen molar-refractivity contribution < 1.29 is 14.3 Å². The van der Waals surface area contributed by atoms with E-state index in [2.05, 4.69) is 5.32 Å². The molecule has 0 spiro atoms. The van der Waals surface area contributed by atoms with Gasteiger partial charge in [-0.1, -0.05) is 0 Å².